The monoisotopic (exact) mass is 738 g/mol. The number of rotatable bonds is 6. The lowest BCUT2D eigenvalue weighted by atomic mass is 9.91. The van der Waals surface area contributed by atoms with Crippen LogP contribution in [0.25, 0.3) is 111 Å². The molecule has 270 valence electrons. The van der Waals surface area contributed by atoms with E-state index in [1.54, 1.807) is 0 Å². The lowest BCUT2D eigenvalue weighted by molar-refractivity contribution is 1.08. The summed E-state index contributed by atoms with van der Waals surface area (Å²) in [6.07, 6.45) is 0. The van der Waals surface area contributed by atoms with E-state index in [-0.39, 0.29) is 0 Å². The van der Waals surface area contributed by atoms with Crippen LogP contribution in [0.1, 0.15) is 0 Å². The number of benzene rings is 9. The molecule has 0 amide bonds. The molecule has 4 heteroatoms. The maximum Gasteiger partial charge on any atom is 0.164 e. The minimum Gasteiger partial charge on any atom is -0.246 e. The Kier molecular flexibility index (Phi) is 8.11. The van der Waals surface area contributed by atoms with Crippen LogP contribution in [-0.2, 0) is 0 Å². The van der Waals surface area contributed by atoms with E-state index in [1.165, 1.54) is 27.3 Å². The molecule has 0 spiro atoms. The van der Waals surface area contributed by atoms with Crippen LogP contribution in [0.4, 0.5) is 0 Å². The van der Waals surface area contributed by atoms with Crippen LogP contribution in [0.5, 0.6) is 0 Å². The smallest absolute Gasteiger partial charge is 0.164 e. The van der Waals surface area contributed by atoms with E-state index in [0.29, 0.717) is 17.5 Å². The summed E-state index contributed by atoms with van der Waals surface area (Å²) in [5, 5.41) is 8.08. The Morgan fingerprint density at radius 2 is 0.707 bits per heavy atom. The third kappa shape index (κ3) is 5.96. The SMILES string of the molecule is c1ccc(-c2nc3c(-c4ccc(-c5nc(-c6ccc7ccccc7c6)nc(-c6ccc7ccccc7c6)n5)cc4)cccc3c3c(-c4ccccc4)cccc23)cc1. The van der Waals surface area contributed by atoms with Gasteiger partial charge in [-0.1, -0.05) is 194 Å². The van der Waals surface area contributed by atoms with Crippen molar-refractivity contribution in [2.24, 2.45) is 0 Å². The molecular formula is C54H34N4. The average molecular weight is 739 g/mol. The molecule has 4 nitrogen and oxygen atoms in total. The molecule has 0 aliphatic carbocycles. The molecule has 11 aromatic rings. The Hall–Kier alpha value is -7.82. The lowest BCUT2D eigenvalue weighted by Crippen LogP contribution is -2.00. The first-order chi connectivity index (χ1) is 28.7. The van der Waals surface area contributed by atoms with Crippen LogP contribution in [0.2, 0.25) is 0 Å². The first-order valence-electron chi connectivity index (χ1n) is 19.6. The van der Waals surface area contributed by atoms with Crippen molar-refractivity contribution in [3.05, 3.63) is 206 Å². The molecule has 0 saturated heterocycles. The number of nitrogens with zero attached hydrogens (tertiary/aromatic N) is 4. The van der Waals surface area contributed by atoms with Gasteiger partial charge in [-0.2, -0.15) is 0 Å². The van der Waals surface area contributed by atoms with Gasteiger partial charge in [0.25, 0.3) is 0 Å². The minimum atomic E-state index is 0.619. The second-order valence-corrected chi connectivity index (χ2v) is 14.6. The van der Waals surface area contributed by atoms with Crippen molar-refractivity contribution in [1.82, 2.24) is 19.9 Å². The molecule has 2 heterocycles. The molecule has 9 aromatic carbocycles. The van der Waals surface area contributed by atoms with Crippen LogP contribution in [-0.4, -0.2) is 19.9 Å². The summed E-state index contributed by atoms with van der Waals surface area (Å²) < 4.78 is 0. The fourth-order valence-corrected chi connectivity index (χ4v) is 8.20. The van der Waals surface area contributed by atoms with Crippen LogP contribution in [0.3, 0.4) is 0 Å². The van der Waals surface area contributed by atoms with Gasteiger partial charge in [0.2, 0.25) is 0 Å². The predicted octanol–water partition coefficient (Wildman–Crippen LogP) is 13.9. The van der Waals surface area contributed by atoms with Gasteiger partial charge in [-0.05, 0) is 50.4 Å². The highest BCUT2D eigenvalue weighted by atomic mass is 15.0. The molecule has 0 aliphatic heterocycles. The largest absolute Gasteiger partial charge is 0.246 e. The fourth-order valence-electron chi connectivity index (χ4n) is 8.20. The van der Waals surface area contributed by atoms with Gasteiger partial charge in [0.1, 0.15) is 0 Å². The first-order valence-corrected chi connectivity index (χ1v) is 19.6. The van der Waals surface area contributed by atoms with Gasteiger partial charge in [-0.25, -0.2) is 19.9 Å². The number of para-hydroxylation sites is 1. The maximum absolute atomic E-state index is 5.47. The minimum absolute atomic E-state index is 0.619. The summed E-state index contributed by atoms with van der Waals surface area (Å²) in [4.78, 5) is 20.7. The normalized spacial score (nSPS) is 11.4. The van der Waals surface area contributed by atoms with Gasteiger partial charge in [0.15, 0.2) is 17.5 Å². The highest BCUT2D eigenvalue weighted by molar-refractivity contribution is 6.19. The van der Waals surface area contributed by atoms with Gasteiger partial charge in [0.05, 0.1) is 11.2 Å². The third-order valence-electron chi connectivity index (χ3n) is 11.1. The summed E-state index contributed by atoms with van der Waals surface area (Å²) in [6, 6.07) is 72.3. The Labute approximate surface area is 335 Å². The van der Waals surface area contributed by atoms with Gasteiger partial charge < -0.3 is 0 Å². The van der Waals surface area contributed by atoms with Crippen molar-refractivity contribution in [2.75, 3.05) is 0 Å². The Balaban J connectivity index is 1.07. The summed E-state index contributed by atoms with van der Waals surface area (Å²) in [5.41, 5.74) is 10.3. The van der Waals surface area contributed by atoms with Crippen molar-refractivity contribution in [3.63, 3.8) is 0 Å². The summed E-state index contributed by atoms with van der Waals surface area (Å²) in [5.74, 6) is 1.89. The first kappa shape index (κ1) is 33.5. The number of hydrogen-bond donors (Lipinski definition) is 0. The molecule has 0 bridgehead atoms. The second-order valence-electron chi connectivity index (χ2n) is 14.6. The van der Waals surface area contributed by atoms with Crippen molar-refractivity contribution in [2.45, 2.75) is 0 Å². The Bertz CT molecular complexity index is 3220. The van der Waals surface area contributed by atoms with Gasteiger partial charge in [-0.15, -0.1) is 0 Å². The molecular weight excluding hydrogens is 705 g/mol. The average Bonchev–Trinajstić information content (AvgIpc) is 3.31. The van der Waals surface area contributed by atoms with E-state index >= 15 is 0 Å². The van der Waals surface area contributed by atoms with E-state index < -0.39 is 0 Å². The zero-order chi connectivity index (χ0) is 38.4. The van der Waals surface area contributed by atoms with E-state index in [2.05, 4.69) is 206 Å². The zero-order valence-electron chi connectivity index (χ0n) is 31.4. The molecule has 11 rings (SSSR count). The molecule has 0 unspecified atom stereocenters. The summed E-state index contributed by atoms with van der Waals surface area (Å²) in [7, 11) is 0. The molecule has 0 fully saturated rings. The molecule has 58 heavy (non-hydrogen) atoms. The number of fused-ring (bicyclic) bond motifs is 5. The van der Waals surface area contributed by atoms with E-state index in [1.807, 2.05) is 0 Å². The van der Waals surface area contributed by atoms with Crippen molar-refractivity contribution in [1.29, 1.82) is 0 Å². The molecule has 0 saturated carbocycles. The standard InChI is InChI=1S/C54H34N4/c1-3-15-37(16-4-1)45-21-11-23-47-49(45)48-24-12-22-46(51(48)55-50(47)39-17-5-2-6-18-39)38-27-29-40(30-28-38)52-56-53(43-31-25-35-13-7-9-19-41(35)33-43)58-54(57-52)44-32-26-36-14-8-10-20-42(36)34-44/h1-34H. The van der Waals surface area contributed by atoms with E-state index in [9.17, 15) is 0 Å². The Morgan fingerprint density at radius 1 is 0.259 bits per heavy atom. The molecule has 0 N–H and O–H groups in total. The van der Waals surface area contributed by atoms with Gasteiger partial charge in [0, 0.05) is 44.0 Å². The van der Waals surface area contributed by atoms with Gasteiger partial charge in [-0.3, -0.25) is 0 Å². The second kappa shape index (κ2) is 14.0. The summed E-state index contributed by atoms with van der Waals surface area (Å²) in [6.45, 7) is 0. The number of aromatic nitrogens is 4. The highest BCUT2D eigenvalue weighted by Gasteiger charge is 2.18. The summed E-state index contributed by atoms with van der Waals surface area (Å²) >= 11 is 0. The Morgan fingerprint density at radius 3 is 1.31 bits per heavy atom. The van der Waals surface area contributed by atoms with Crippen LogP contribution in [0, 0.1) is 0 Å². The molecule has 2 aromatic heterocycles. The van der Waals surface area contributed by atoms with Crippen LogP contribution < -0.4 is 0 Å². The highest BCUT2D eigenvalue weighted by Crippen LogP contribution is 2.41. The van der Waals surface area contributed by atoms with Crippen molar-refractivity contribution < 1.29 is 0 Å². The van der Waals surface area contributed by atoms with E-state index in [0.717, 1.165) is 66.1 Å². The topological polar surface area (TPSA) is 51.6 Å². The van der Waals surface area contributed by atoms with Crippen LogP contribution in [0.15, 0.2) is 206 Å². The lowest BCUT2D eigenvalue weighted by Gasteiger charge is -2.16. The molecule has 0 atom stereocenters. The van der Waals surface area contributed by atoms with Gasteiger partial charge >= 0.3 is 0 Å². The zero-order valence-corrected chi connectivity index (χ0v) is 31.4. The molecule has 0 aliphatic rings. The molecule has 0 radical (unpaired) electrons. The number of pyridine rings is 1. The third-order valence-corrected chi connectivity index (χ3v) is 11.1. The van der Waals surface area contributed by atoms with Crippen molar-refractivity contribution in [3.8, 4) is 67.7 Å². The predicted molar refractivity (Wildman–Crippen MR) is 240 cm³/mol. The number of hydrogen-bond acceptors (Lipinski definition) is 4. The van der Waals surface area contributed by atoms with Crippen LogP contribution >= 0.6 is 0 Å². The quantitative estimate of drug-likeness (QED) is 0.159. The van der Waals surface area contributed by atoms with E-state index in [4.69, 9.17) is 19.9 Å². The van der Waals surface area contributed by atoms with Crippen molar-refractivity contribution >= 4 is 43.2 Å². The maximum atomic E-state index is 5.47. The fraction of sp³-hybridized carbons (Fsp3) is 0.